The average Bonchev–Trinajstić information content (AvgIpc) is 2.69. The van der Waals surface area contributed by atoms with Crippen LogP contribution in [-0.4, -0.2) is 40.4 Å². The predicted molar refractivity (Wildman–Crippen MR) is 73.8 cm³/mol. The van der Waals surface area contributed by atoms with Crippen molar-refractivity contribution >= 4 is 17.7 Å². The van der Waals surface area contributed by atoms with Gasteiger partial charge in [-0.2, -0.15) is 16.9 Å². The van der Waals surface area contributed by atoms with E-state index in [-0.39, 0.29) is 5.97 Å². The molecule has 1 aromatic heterocycles. The summed E-state index contributed by atoms with van der Waals surface area (Å²) in [6.45, 7) is 4.92. The molecule has 1 rings (SSSR count). The summed E-state index contributed by atoms with van der Waals surface area (Å²) in [4.78, 5) is 11.7. The molecule has 0 saturated carbocycles. The van der Waals surface area contributed by atoms with Crippen LogP contribution in [0, 0.1) is 0 Å². The lowest BCUT2D eigenvalue weighted by molar-refractivity contribution is 0.0524. The molecule has 0 fully saturated rings. The molecule has 1 unspecified atom stereocenters. The zero-order chi connectivity index (χ0) is 13.5. The smallest absolute Gasteiger partial charge is 0.341 e. The van der Waals surface area contributed by atoms with Crippen molar-refractivity contribution in [1.82, 2.24) is 15.1 Å². The van der Waals surface area contributed by atoms with Gasteiger partial charge in [0.2, 0.25) is 0 Å². The molecule has 0 saturated heterocycles. The van der Waals surface area contributed by atoms with Crippen molar-refractivity contribution in [3.05, 3.63) is 17.5 Å². The molecule has 0 spiro atoms. The fourth-order valence-corrected chi connectivity index (χ4v) is 2.25. The van der Waals surface area contributed by atoms with Crippen LogP contribution in [0.4, 0.5) is 0 Å². The number of rotatable bonds is 7. The highest BCUT2D eigenvalue weighted by Gasteiger charge is 2.17. The summed E-state index contributed by atoms with van der Waals surface area (Å²) in [5.74, 6) is 0.729. The summed E-state index contributed by atoms with van der Waals surface area (Å²) in [6, 6.07) is 0.393. The van der Waals surface area contributed by atoms with Crippen molar-refractivity contribution in [3.63, 3.8) is 0 Å². The van der Waals surface area contributed by atoms with Crippen molar-refractivity contribution in [3.8, 4) is 0 Å². The molecule has 1 heterocycles. The highest BCUT2D eigenvalue weighted by atomic mass is 32.2. The number of carbonyl (C=O) groups excluding carboxylic acids is 1. The van der Waals surface area contributed by atoms with Gasteiger partial charge in [0.15, 0.2) is 0 Å². The first-order chi connectivity index (χ1) is 8.60. The van der Waals surface area contributed by atoms with Crippen LogP contribution in [0.3, 0.4) is 0 Å². The minimum atomic E-state index is -0.306. The van der Waals surface area contributed by atoms with Gasteiger partial charge in [-0.05, 0) is 20.1 Å². The molecule has 5 nitrogen and oxygen atoms in total. The first-order valence-electron chi connectivity index (χ1n) is 6.00. The Balaban J connectivity index is 2.69. The third-order valence-electron chi connectivity index (χ3n) is 2.59. The van der Waals surface area contributed by atoms with Crippen LogP contribution in [0.1, 0.15) is 29.9 Å². The van der Waals surface area contributed by atoms with Gasteiger partial charge in [0, 0.05) is 25.4 Å². The van der Waals surface area contributed by atoms with E-state index in [4.69, 9.17) is 4.74 Å². The summed E-state index contributed by atoms with van der Waals surface area (Å²) in [5.41, 5.74) is 1.41. The number of esters is 1. The molecule has 0 bridgehead atoms. The Morgan fingerprint density at radius 2 is 2.39 bits per heavy atom. The van der Waals surface area contributed by atoms with E-state index in [1.165, 1.54) is 0 Å². The number of ether oxygens (including phenoxy) is 1. The Kier molecular flexibility index (Phi) is 6.21. The number of hydrogen-bond acceptors (Lipinski definition) is 5. The van der Waals surface area contributed by atoms with Crippen LogP contribution in [0.5, 0.6) is 0 Å². The van der Waals surface area contributed by atoms with Crippen molar-refractivity contribution in [2.75, 3.05) is 18.6 Å². The lowest BCUT2D eigenvalue weighted by Gasteiger charge is -2.13. The number of hydrogen-bond donors (Lipinski definition) is 1. The third kappa shape index (κ3) is 4.03. The van der Waals surface area contributed by atoms with E-state index >= 15 is 0 Å². The fraction of sp³-hybridized carbons (Fsp3) is 0.667. The second-order valence-electron chi connectivity index (χ2n) is 4.09. The molecule has 0 aliphatic rings. The van der Waals surface area contributed by atoms with Crippen molar-refractivity contribution in [2.24, 2.45) is 7.05 Å². The van der Waals surface area contributed by atoms with E-state index in [1.807, 2.05) is 7.05 Å². The summed E-state index contributed by atoms with van der Waals surface area (Å²) in [7, 11) is 1.83. The number of carbonyl (C=O) groups is 1. The first kappa shape index (κ1) is 15.0. The van der Waals surface area contributed by atoms with Gasteiger partial charge in [0.1, 0.15) is 5.56 Å². The molecule has 0 aromatic carbocycles. The second kappa shape index (κ2) is 7.43. The predicted octanol–water partition coefficient (Wildman–Crippen LogP) is 1.44. The van der Waals surface area contributed by atoms with Crippen molar-refractivity contribution in [2.45, 2.75) is 26.4 Å². The lowest BCUT2D eigenvalue weighted by atomic mass is 10.2. The molecular formula is C12H21N3O2S. The second-order valence-corrected chi connectivity index (χ2v) is 5.00. The summed E-state index contributed by atoms with van der Waals surface area (Å²) < 4.78 is 6.73. The monoisotopic (exact) mass is 271 g/mol. The topological polar surface area (TPSA) is 56.1 Å². The third-order valence-corrected chi connectivity index (χ3v) is 3.42. The van der Waals surface area contributed by atoms with Crippen LogP contribution in [0.15, 0.2) is 6.20 Å². The molecular weight excluding hydrogens is 250 g/mol. The number of aromatic nitrogens is 2. The maximum atomic E-state index is 11.7. The maximum Gasteiger partial charge on any atom is 0.341 e. The molecule has 102 valence electrons. The highest BCUT2D eigenvalue weighted by Crippen LogP contribution is 2.10. The maximum absolute atomic E-state index is 11.7. The summed E-state index contributed by atoms with van der Waals surface area (Å²) in [6.07, 6.45) is 3.64. The van der Waals surface area contributed by atoms with Gasteiger partial charge in [-0.1, -0.05) is 0 Å². The Hall–Kier alpha value is -1.01. The fourth-order valence-electron chi connectivity index (χ4n) is 1.63. The molecule has 0 aliphatic carbocycles. The van der Waals surface area contributed by atoms with Gasteiger partial charge in [0.25, 0.3) is 0 Å². The number of thioether (sulfide) groups is 1. The van der Waals surface area contributed by atoms with E-state index in [9.17, 15) is 4.79 Å². The molecule has 1 aromatic rings. The van der Waals surface area contributed by atoms with Gasteiger partial charge in [-0.15, -0.1) is 0 Å². The highest BCUT2D eigenvalue weighted by molar-refractivity contribution is 7.98. The molecule has 0 amide bonds. The zero-order valence-electron chi connectivity index (χ0n) is 11.4. The molecule has 1 N–H and O–H groups in total. The normalized spacial score (nSPS) is 12.4. The molecule has 6 heteroatoms. The molecule has 1 atom stereocenters. The van der Waals surface area contributed by atoms with E-state index in [1.54, 1.807) is 29.6 Å². The van der Waals surface area contributed by atoms with E-state index < -0.39 is 0 Å². The Labute approximate surface area is 112 Å². The lowest BCUT2D eigenvalue weighted by Crippen LogP contribution is -2.29. The van der Waals surface area contributed by atoms with Crippen LogP contribution in [0.2, 0.25) is 0 Å². The number of nitrogens with one attached hydrogen (secondary N) is 1. The van der Waals surface area contributed by atoms with Crippen LogP contribution in [0.25, 0.3) is 0 Å². The van der Waals surface area contributed by atoms with E-state index in [0.717, 1.165) is 11.4 Å². The van der Waals surface area contributed by atoms with Crippen molar-refractivity contribution in [1.29, 1.82) is 0 Å². The molecule has 0 radical (unpaired) electrons. The van der Waals surface area contributed by atoms with E-state index in [2.05, 4.69) is 23.6 Å². The molecule has 18 heavy (non-hydrogen) atoms. The summed E-state index contributed by atoms with van der Waals surface area (Å²) >= 11 is 1.79. The Morgan fingerprint density at radius 1 is 1.67 bits per heavy atom. The standard InChI is InChI=1S/C12H21N3O2S/c1-5-17-12(16)10-6-14-15(3)11(10)7-13-9(2)8-18-4/h6,9,13H,5,7-8H2,1-4H3. The zero-order valence-corrected chi connectivity index (χ0v) is 12.2. The van der Waals surface area contributed by atoms with Crippen LogP contribution < -0.4 is 5.32 Å². The minimum Gasteiger partial charge on any atom is -0.462 e. The molecule has 0 aliphatic heterocycles. The van der Waals surface area contributed by atoms with Gasteiger partial charge < -0.3 is 10.1 Å². The number of aryl methyl sites for hydroxylation is 1. The van der Waals surface area contributed by atoms with Crippen LogP contribution in [-0.2, 0) is 18.3 Å². The van der Waals surface area contributed by atoms with Crippen molar-refractivity contribution < 1.29 is 9.53 Å². The minimum absolute atomic E-state index is 0.306. The quantitative estimate of drug-likeness (QED) is 0.760. The van der Waals surface area contributed by atoms with Gasteiger partial charge in [0.05, 0.1) is 18.5 Å². The van der Waals surface area contributed by atoms with E-state index in [0.29, 0.717) is 24.8 Å². The Morgan fingerprint density at radius 3 is 3.00 bits per heavy atom. The van der Waals surface area contributed by atoms with Gasteiger partial charge >= 0.3 is 5.97 Å². The van der Waals surface area contributed by atoms with Gasteiger partial charge in [-0.25, -0.2) is 4.79 Å². The van der Waals surface area contributed by atoms with Gasteiger partial charge in [-0.3, -0.25) is 4.68 Å². The average molecular weight is 271 g/mol. The first-order valence-corrected chi connectivity index (χ1v) is 7.39. The largest absolute Gasteiger partial charge is 0.462 e. The summed E-state index contributed by atoms with van der Waals surface area (Å²) in [5, 5.41) is 7.49. The number of nitrogens with zero attached hydrogens (tertiary/aromatic N) is 2. The Bertz CT molecular complexity index is 393. The SMILES string of the molecule is CCOC(=O)c1cnn(C)c1CNC(C)CSC. The van der Waals surface area contributed by atoms with Crippen LogP contribution >= 0.6 is 11.8 Å².